The number of hydrogen-bond donors (Lipinski definition) is 3. The fraction of sp³-hybridized carbons (Fsp3) is 0.267. The number of imidazole rings is 1. The lowest BCUT2D eigenvalue weighted by atomic mass is 9.90. The van der Waals surface area contributed by atoms with E-state index in [-0.39, 0.29) is 18.2 Å². The first-order chi connectivity index (χ1) is 10.1. The Balaban J connectivity index is 1.76. The summed E-state index contributed by atoms with van der Waals surface area (Å²) < 4.78 is 0. The van der Waals surface area contributed by atoms with Gasteiger partial charge in [0.15, 0.2) is 0 Å². The molecule has 21 heavy (non-hydrogen) atoms. The van der Waals surface area contributed by atoms with Gasteiger partial charge >= 0.3 is 0 Å². The van der Waals surface area contributed by atoms with Crippen molar-refractivity contribution in [2.45, 2.75) is 25.8 Å². The molecule has 0 bridgehead atoms. The molecule has 1 aromatic carbocycles. The van der Waals surface area contributed by atoms with E-state index in [0.29, 0.717) is 12.2 Å². The first-order valence-electron chi connectivity index (χ1n) is 6.80. The van der Waals surface area contributed by atoms with Crippen LogP contribution in [0.15, 0.2) is 30.6 Å². The molecule has 6 heteroatoms. The number of H-pyrrole nitrogens is 1. The second kappa shape index (κ2) is 5.40. The van der Waals surface area contributed by atoms with Gasteiger partial charge in [-0.15, -0.1) is 0 Å². The van der Waals surface area contributed by atoms with Crippen molar-refractivity contribution in [1.29, 1.82) is 0 Å². The second-order valence-corrected chi connectivity index (χ2v) is 5.08. The number of nitrogens with one attached hydrogen (secondary N) is 3. The highest BCUT2D eigenvalue weighted by Crippen LogP contribution is 2.31. The van der Waals surface area contributed by atoms with Crippen molar-refractivity contribution >= 4 is 17.5 Å². The third-order valence-electron chi connectivity index (χ3n) is 3.68. The maximum absolute atomic E-state index is 12.4. The average Bonchev–Trinajstić information content (AvgIpc) is 2.89. The summed E-state index contributed by atoms with van der Waals surface area (Å²) in [6.07, 6.45) is 1.77. The van der Waals surface area contributed by atoms with Crippen LogP contribution in [0.2, 0.25) is 0 Å². The average molecular weight is 284 g/mol. The van der Waals surface area contributed by atoms with E-state index in [0.717, 1.165) is 17.0 Å². The largest absolute Gasteiger partial charge is 0.350 e. The number of fused-ring (bicyclic) bond motifs is 1. The van der Waals surface area contributed by atoms with Gasteiger partial charge in [-0.2, -0.15) is 0 Å². The standard InChI is InChI=1S/C15H16N4O2/c1-9-13(18-8-17-9)7-16-15(21)11-6-14(20)19-12-5-3-2-4-10(11)12/h2-5,8,11H,6-7H2,1H3,(H,16,21)(H,17,18)(H,19,20). The van der Waals surface area contributed by atoms with Gasteiger partial charge in [0.2, 0.25) is 11.8 Å². The van der Waals surface area contributed by atoms with Crippen molar-refractivity contribution in [2.75, 3.05) is 5.32 Å². The van der Waals surface area contributed by atoms with Crippen molar-refractivity contribution in [3.05, 3.63) is 47.5 Å². The van der Waals surface area contributed by atoms with Crippen LogP contribution in [0, 0.1) is 6.92 Å². The lowest BCUT2D eigenvalue weighted by Crippen LogP contribution is -2.34. The Bertz CT molecular complexity index is 692. The van der Waals surface area contributed by atoms with Gasteiger partial charge in [-0.05, 0) is 18.6 Å². The monoisotopic (exact) mass is 284 g/mol. The number of amides is 2. The molecule has 1 atom stereocenters. The molecule has 1 aliphatic rings. The van der Waals surface area contributed by atoms with Crippen LogP contribution in [-0.2, 0) is 16.1 Å². The predicted molar refractivity (Wildman–Crippen MR) is 77.6 cm³/mol. The van der Waals surface area contributed by atoms with Gasteiger partial charge < -0.3 is 15.6 Å². The summed E-state index contributed by atoms with van der Waals surface area (Å²) in [6, 6.07) is 7.39. The van der Waals surface area contributed by atoms with Gasteiger partial charge in [0.25, 0.3) is 0 Å². The molecule has 3 N–H and O–H groups in total. The smallest absolute Gasteiger partial charge is 0.228 e. The van der Waals surface area contributed by atoms with E-state index in [4.69, 9.17) is 0 Å². The molecule has 3 rings (SSSR count). The van der Waals surface area contributed by atoms with Crippen molar-refractivity contribution in [1.82, 2.24) is 15.3 Å². The second-order valence-electron chi connectivity index (χ2n) is 5.08. The number of aromatic amines is 1. The normalized spacial score (nSPS) is 17.0. The Morgan fingerprint density at radius 3 is 3.00 bits per heavy atom. The van der Waals surface area contributed by atoms with Crippen LogP contribution < -0.4 is 10.6 Å². The lowest BCUT2D eigenvalue weighted by molar-refractivity contribution is -0.126. The summed E-state index contributed by atoms with van der Waals surface area (Å²) >= 11 is 0. The number of rotatable bonds is 3. The van der Waals surface area contributed by atoms with Gasteiger partial charge in [-0.3, -0.25) is 9.59 Å². The molecule has 0 saturated carbocycles. The van der Waals surface area contributed by atoms with Crippen molar-refractivity contribution in [3.63, 3.8) is 0 Å². The summed E-state index contributed by atoms with van der Waals surface area (Å²) in [5.74, 6) is -0.737. The minimum Gasteiger partial charge on any atom is -0.350 e. The van der Waals surface area contributed by atoms with E-state index in [1.54, 1.807) is 6.33 Å². The summed E-state index contributed by atoms with van der Waals surface area (Å²) in [5.41, 5.74) is 3.30. The molecule has 2 amide bonds. The van der Waals surface area contributed by atoms with Gasteiger partial charge in [0.1, 0.15) is 0 Å². The number of hydrogen-bond acceptors (Lipinski definition) is 3. The zero-order valence-electron chi connectivity index (χ0n) is 11.6. The van der Waals surface area contributed by atoms with E-state index in [1.807, 2.05) is 31.2 Å². The van der Waals surface area contributed by atoms with Crippen LogP contribution in [0.3, 0.4) is 0 Å². The highest BCUT2D eigenvalue weighted by atomic mass is 16.2. The summed E-state index contributed by atoms with van der Waals surface area (Å²) in [6.45, 7) is 2.26. The maximum Gasteiger partial charge on any atom is 0.228 e. The first-order valence-corrected chi connectivity index (χ1v) is 6.80. The van der Waals surface area contributed by atoms with Crippen LogP contribution in [0.5, 0.6) is 0 Å². The molecule has 108 valence electrons. The van der Waals surface area contributed by atoms with Crippen LogP contribution in [-0.4, -0.2) is 21.8 Å². The molecule has 2 heterocycles. The van der Waals surface area contributed by atoms with Crippen LogP contribution in [0.25, 0.3) is 0 Å². The molecule has 0 saturated heterocycles. The number of carbonyl (C=O) groups is 2. The number of aromatic nitrogens is 2. The lowest BCUT2D eigenvalue weighted by Gasteiger charge is -2.24. The van der Waals surface area contributed by atoms with E-state index in [9.17, 15) is 9.59 Å². The van der Waals surface area contributed by atoms with Gasteiger partial charge in [-0.1, -0.05) is 18.2 Å². The summed E-state index contributed by atoms with van der Waals surface area (Å²) in [7, 11) is 0. The Morgan fingerprint density at radius 1 is 1.43 bits per heavy atom. The number of carbonyl (C=O) groups excluding carboxylic acids is 2. The molecule has 1 aromatic heterocycles. The van der Waals surface area contributed by atoms with Gasteiger partial charge in [0.05, 0.1) is 24.5 Å². The fourth-order valence-electron chi connectivity index (χ4n) is 2.50. The molecular weight excluding hydrogens is 268 g/mol. The Hall–Kier alpha value is -2.63. The molecular formula is C15H16N4O2. The highest BCUT2D eigenvalue weighted by molar-refractivity contribution is 6.01. The van der Waals surface area contributed by atoms with E-state index < -0.39 is 5.92 Å². The van der Waals surface area contributed by atoms with Gasteiger partial charge in [0, 0.05) is 17.8 Å². The Labute approximate surface area is 122 Å². The molecule has 0 fully saturated rings. The number of aryl methyl sites for hydroxylation is 1. The van der Waals surface area contributed by atoms with Crippen molar-refractivity contribution < 1.29 is 9.59 Å². The molecule has 0 radical (unpaired) electrons. The molecule has 0 spiro atoms. The number of nitrogens with zero attached hydrogens (tertiary/aromatic N) is 1. The van der Waals surface area contributed by atoms with Crippen LogP contribution in [0.1, 0.15) is 29.3 Å². The summed E-state index contributed by atoms with van der Waals surface area (Å²) in [4.78, 5) is 31.2. The van der Waals surface area contributed by atoms with E-state index in [2.05, 4.69) is 20.6 Å². The third-order valence-corrected chi connectivity index (χ3v) is 3.68. The first kappa shape index (κ1) is 13.4. The molecule has 6 nitrogen and oxygen atoms in total. The van der Waals surface area contributed by atoms with E-state index in [1.165, 1.54) is 0 Å². The zero-order chi connectivity index (χ0) is 14.8. The Morgan fingerprint density at radius 2 is 2.24 bits per heavy atom. The Kier molecular flexibility index (Phi) is 3.43. The maximum atomic E-state index is 12.4. The number of anilines is 1. The van der Waals surface area contributed by atoms with Gasteiger partial charge in [-0.25, -0.2) is 4.98 Å². The fourth-order valence-corrected chi connectivity index (χ4v) is 2.50. The van der Waals surface area contributed by atoms with Crippen molar-refractivity contribution in [2.24, 2.45) is 0 Å². The SMILES string of the molecule is Cc1[nH]cnc1CNC(=O)C1CC(=O)Nc2ccccc21. The minimum absolute atomic E-state index is 0.134. The quantitative estimate of drug-likeness (QED) is 0.797. The van der Waals surface area contributed by atoms with Crippen LogP contribution >= 0.6 is 0 Å². The van der Waals surface area contributed by atoms with Crippen LogP contribution in [0.4, 0.5) is 5.69 Å². The third kappa shape index (κ3) is 2.65. The number of benzene rings is 1. The predicted octanol–water partition coefficient (Wildman–Crippen LogP) is 1.46. The molecule has 2 aromatic rings. The molecule has 0 aliphatic carbocycles. The van der Waals surface area contributed by atoms with E-state index >= 15 is 0 Å². The van der Waals surface area contributed by atoms with Crippen molar-refractivity contribution in [3.8, 4) is 0 Å². The minimum atomic E-state index is -0.450. The highest BCUT2D eigenvalue weighted by Gasteiger charge is 2.30. The molecule has 1 unspecified atom stereocenters. The summed E-state index contributed by atoms with van der Waals surface area (Å²) in [5, 5.41) is 5.64. The topological polar surface area (TPSA) is 86.9 Å². The number of para-hydroxylation sites is 1. The zero-order valence-corrected chi connectivity index (χ0v) is 11.6. The molecule has 1 aliphatic heterocycles.